The largest absolute Gasteiger partial charge is 0.480 e. The number of nitrogens with zero attached hydrogens (tertiary/aromatic N) is 1. The molecular formula is C9H15NO3. The van der Waals surface area contributed by atoms with Crippen molar-refractivity contribution < 1.29 is 14.7 Å². The number of carbonyl (C=O) groups is 2. The van der Waals surface area contributed by atoms with Gasteiger partial charge in [-0.05, 0) is 19.3 Å². The average molecular weight is 185 g/mol. The van der Waals surface area contributed by atoms with Crippen LogP contribution in [0.2, 0.25) is 0 Å². The van der Waals surface area contributed by atoms with E-state index in [2.05, 4.69) is 0 Å². The van der Waals surface area contributed by atoms with Crippen molar-refractivity contribution in [3.63, 3.8) is 0 Å². The number of rotatable bonds is 4. The highest BCUT2D eigenvalue weighted by atomic mass is 16.4. The van der Waals surface area contributed by atoms with Crippen molar-refractivity contribution >= 4 is 11.9 Å². The molecule has 4 heteroatoms. The van der Waals surface area contributed by atoms with Crippen molar-refractivity contribution in [2.45, 2.75) is 26.2 Å². The maximum Gasteiger partial charge on any atom is 0.319 e. The van der Waals surface area contributed by atoms with Gasteiger partial charge in [0.2, 0.25) is 5.91 Å². The molecule has 0 aliphatic heterocycles. The van der Waals surface area contributed by atoms with Crippen LogP contribution in [-0.2, 0) is 9.59 Å². The van der Waals surface area contributed by atoms with Gasteiger partial charge in [0, 0.05) is 13.6 Å². The molecule has 0 saturated heterocycles. The maximum absolute atomic E-state index is 11.6. The molecule has 0 spiro atoms. The summed E-state index contributed by atoms with van der Waals surface area (Å²) >= 11 is 0. The topological polar surface area (TPSA) is 57.6 Å². The lowest BCUT2D eigenvalue weighted by Gasteiger charge is -2.20. The first-order chi connectivity index (χ1) is 6.04. The van der Waals surface area contributed by atoms with Crippen LogP contribution in [0.25, 0.3) is 0 Å². The molecule has 74 valence electrons. The van der Waals surface area contributed by atoms with Crippen LogP contribution in [-0.4, -0.2) is 35.5 Å². The van der Waals surface area contributed by atoms with Gasteiger partial charge < -0.3 is 10.0 Å². The van der Waals surface area contributed by atoms with Crippen molar-refractivity contribution in [2.24, 2.45) is 5.41 Å². The molecule has 0 radical (unpaired) electrons. The van der Waals surface area contributed by atoms with Crippen molar-refractivity contribution in [3.05, 3.63) is 0 Å². The zero-order chi connectivity index (χ0) is 10.1. The predicted molar refractivity (Wildman–Crippen MR) is 47.2 cm³/mol. The summed E-state index contributed by atoms with van der Waals surface area (Å²) in [5.41, 5.74) is -1.07. The van der Waals surface area contributed by atoms with E-state index in [9.17, 15) is 9.59 Å². The Hall–Kier alpha value is -1.06. The van der Waals surface area contributed by atoms with E-state index in [-0.39, 0.29) is 5.91 Å². The fourth-order valence-electron chi connectivity index (χ4n) is 1.45. The van der Waals surface area contributed by atoms with Crippen molar-refractivity contribution in [3.8, 4) is 0 Å². The molecule has 1 saturated carbocycles. The number of carboxylic acid groups (broad SMARTS) is 1. The molecule has 13 heavy (non-hydrogen) atoms. The SMILES string of the molecule is CCCN(C)C(=O)C1(C(=O)O)CC1. The van der Waals surface area contributed by atoms with Gasteiger partial charge in [0.25, 0.3) is 0 Å². The van der Waals surface area contributed by atoms with Gasteiger partial charge in [-0.3, -0.25) is 9.59 Å². The van der Waals surface area contributed by atoms with E-state index in [1.54, 1.807) is 7.05 Å². The number of aliphatic carboxylic acids is 1. The maximum atomic E-state index is 11.6. The minimum Gasteiger partial charge on any atom is -0.480 e. The highest BCUT2D eigenvalue weighted by molar-refractivity contribution is 6.04. The van der Waals surface area contributed by atoms with Crippen LogP contribution in [0.4, 0.5) is 0 Å². The molecule has 4 nitrogen and oxygen atoms in total. The van der Waals surface area contributed by atoms with E-state index in [0.29, 0.717) is 19.4 Å². The first-order valence-electron chi connectivity index (χ1n) is 4.53. The third-order valence-electron chi connectivity index (χ3n) is 2.47. The minimum absolute atomic E-state index is 0.234. The van der Waals surface area contributed by atoms with Crippen LogP contribution in [0.15, 0.2) is 0 Å². The number of carboxylic acids is 1. The molecule has 0 unspecified atom stereocenters. The fourth-order valence-corrected chi connectivity index (χ4v) is 1.45. The minimum atomic E-state index is -1.07. The van der Waals surface area contributed by atoms with Gasteiger partial charge in [-0.25, -0.2) is 0 Å². The summed E-state index contributed by atoms with van der Waals surface area (Å²) in [5.74, 6) is -1.21. The molecular weight excluding hydrogens is 170 g/mol. The van der Waals surface area contributed by atoms with E-state index >= 15 is 0 Å². The Kier molecular flexibility index (Phi) is 2.59. The van der Waals surface area contributed by atoms with Gasteiger partial charge in [-0.2, -0.15) is 0 Å². The zero-order valence-corrected chi connectivity index (χ0v) is 8.04. The summed E-state index contributed by atoms with van der Waals surface area (Å²) < 4.78 is 0. The van der Waals surface area contributed by atoms with Gasteiger partial charge in [-0.1, -0.05) is 6.92 Å². The summed E-state index contributed by atoms with van der Waals surface area (Å²) in [4.78, 5) is 23.9. The molecule has 0 aromatic heterocycles. The van der Waals surface area contributed by atoms with Gasteiger partial charge in [0.1, 0.15) is 5.41 Å². The average Bonchev–Trinajstić information content (AvgIpc) is 2.83. The molecule has 1 fully saturated rings. The number of hydrogen-bond donors (Lipinski definition) is 1. The van der Waals surface area contributed by atoms with E-state index in [1.165, 1.54) is 4.90 Å². The number of amides is 1. The summed E-state index contributed by atoms with van der Waals surface area (Å²) in [6.07, 6.45) is 1.85. The Morgan fingerprint density at radius 3 is 2.31 bits per heavy atom. The third-order valence-corrected chi connectivity index (χ3v) is 2.47. The smallest absolute Gasteiger partial charge is 0.319 e. The monoisotopic (exact) mass is 185 g/mol. The zero-order valence-electron chi connectivity index (χ0n) is 8.04. The molecule has 0 aromatic carbocycles. The highest BCUT2D eigenvalue weighted by Gasteiger charge is 2.57. The fraction of sp³-hybridized carbons (Fsp3) is 0.778. The third kappa shape index (κ3) is 1.66. The molecule has 1 N–H and O–H groups in total. The van der Waals surface area contributed by atoms with Crippen molar-refractivity contribution in [1.82, 2.24) is 4.90 Å². The van der Waals surface area contributed by atoms with Gasteiger partial charge in [-0.15, -0.1) is 0 Å². The van der Waals surface area contributed by atoms with Crippen molar-refractivity contribution in [2.75, 3.05) is 13.6 Å². The molecule has 1 aliphatic rings. The van der Waals surface area contributed by atoms with Crippen LogP contribution in [0.3, 0.4) is 0 Å². The van der Waals surface area contributed by atoms with E-state index in [0.717, 1.165) is 6.42 Å². The standard InChI is InChI=1S/C9H15NO3/c1-3-6-10(2)7(11)9(4-5-9)8(12)13/h3-6H2,1-2H3,(H,12,13). The van der Waals surface area contributed by atoms with Crippen LogP contribution in [0.1, 0.15) is 26.2 Å². The molecule has 0 heterocycles. The lowest BCUT2D eigenvalue weighted by Crippen LogP contribution is -2.38. The van der Waals surface area contributed by atoms with Gasteiger partial charge in [0.15, 0.2) is 0 Å². The Bertz CT molecular complexity index is 233. The quantitative estimate of drug-likeness (QED) is 0.656. The van der Waals surface area contributed by atoms with Crippen LogP contribution >= 0.6 is 0 Å². The molecule has 0 atom stereocenters. The number of carbonyl (C=O) groups excluding carboxylic acids is 1. The molecule has 1 amide bonds. The second-order valence-corrected chi connectivity index (χ2v) is 3.61. The normalized spacial score (nSPS) is 18.0. The Labute approximate surface area is 77.5 Å². The summed E-state index contributed by atoms with van der Waals surface area (Å²) in [7, 11) is 1.66. The Balaban J connectivity index is 2.62. The Morgan fingerprint density at radius 2 is 2.00 bits per heavy atom. The number of hydrogen-bond acceptors (Lipinski definition) is 2. The summed E-state index contributed by atoms with van der Waals surface area (Å²) in [6.45, 7) is 2.60. The lowest BCUT2D eigenvalue weighted by molar-refractivity contribution is -0.152. The van der Waals surface area contributed by atoms with Gasteiger partial charge in [0.05, 0.1) is 0 Å². The molecule has 1 rings (SSSR count). The Morgan fingerprint density at radius 1 is 1.46 bits per heavy atom. The molecule has 0 bridgehead atoms. The van der Waals surface area contributed by atoms with E-state index in [1.807, 2.05) is 6.92 Å². The van der Waals surface area contributed by atoms with Crippen molar-refractivity contribution in [1.29, 1.82) is 0 Å². The predicted octanol–water partition coefficient (Wildman–Crippen LogP) is 0.720. The lowest BCUT2D eigenvalue weighted by atomic mass is 10.1. The van der Waals surface area contributed by atoms with Crippen LogP contribution in [0.5, 0.6) is 0 Å². The first-order valence-corrected chi connectivity index (χ1v) is 4.53. The summed E-state index contributed by atoms with van der Waals surface area (Å²) in [5, 5.41) is 8.84. The summed E-state index contributed by atoms with van der Waals surface area (Å²) in [6, 6.07) is 0. The van der Waals surface area contributed by atoms with Gasteiger partial charge >= 0.3 is 5.97 Å². The molecule has 1 aliphatic carbocycles. The van der Waals surface area contributed by atoms with E-state index < -0.39 is 11.4 Å². The second-order valence-electron chi connectivity index (χ2n) is 3.61. The van der Waals surface area contributed by atoms with E-state index in [4.69, 9.17) is 5.11 Å². The van der Waals surface area contributed by atoms with Crippen LogP contribution < -0.4 is 0 Å². The van der Waals surface area contributed by atoms with Crippen LogP contribution in [0, 0.1) is 5.41 Å². The first kappa shape index (κ1) is 10.0. The molecule has 0 aromatic rings. The second kappa shape index (κ2) is 3.36. The highest BCUT2D eigenvalue weighted by Crippen LogP contribution is 2.47.